The van der Waals surface area contributed by atoms with Gasteiger partial charge in [0, 0.05) is 17.8 Å². The lowest BCUT2D eigenvalue weighted by molar-refractivity contribution is 0.0946. The number of amides is 1. The Morgan fingerprint density at radius 3 is 2.67 bits per heavy atom. The fourth-order valence-electron chi connectivity index (χ4n) is 2.39. The van der Waals surface area contributed by atoms with E-state index in [2.05, 4.69) is 20.6 Å². The van der Waals surface area contributed by atoms with E-state index in [1.54, 1.807) is 18.2 Å². The van der Waals surface area contributed by atoms with Crippen molar-refractivity contribution < 1.29 is 9.53 Å². The first-order valence-electron chi connectivity index (χ1n) is 8.50. The molecule has 1 amide bonds. The highest BCUT2D eigenvalue weighted by Gasteiger charge is 2.10. The minimum Gasteiger partial charge on any atom is -0.492 e. The molecule has 0 saturated heterocycles. The fraction of sp³-hybridized carbons (Fsp3) is 0.150. The van der Waals surface area contributed by atoms with E-state index in [1.807, 2.05) is 43.3 Å². The molecular formula is C20H19ClN4O2. The molecule has 3 aromatic rings. The molecule has 2 N–H and O–H groups in total. The first-order valence-corrected chi connectivity index (χ1v) is 8.88. The number of halogens is 1. The number of aromatic nitrogens is 2. The molecule has 138 valence electrons. The Balaban J connectivity index is 1.68. The third kappa shape index (κ3) is 5.18. The van der Waals surface area contributed by atoms with Gasteiger partial charge in [0.05, 0.1) is 12.3 Å². The molecule has 1 aromatic heterocycles. The molecule has 0 aliphatic carbocycles. The van der Waals surface area contributed by atoms with E-state index in [0.717, 1.165) is 11.3 Å². The molecule has 6 nitrogen and oxygen atoms in total. The zero-order chi connectivity index (χ0) is 19.1. The zero-order valence-electron chi connectivity index (χ0n) is 14.8. The minimum atomic E-state index is -0.284. The maximum atomic E-state index is 12.4. The Kier molecular flexibility index (Phi) is 6.22. The number of anilines is 2. The van der Waals surface area contributed by atoms with E-state index >= 15 is 0 Å². The van der Waals surface area contributed by atoms with Crippen LogP contribution in [0.1, 0.15) is 23.0 Å². The predicted octanol–water partition coefficient (Wildman–Crippen LogP) is 4.20. The Hall–Kier alpha value is -3.12. The molecule has 0 unspecified atom stereocenters. The summed E-state index contributed by atoms with van der Waals surface area (Å²) in [4.78, 5) is 20.8. The highest BCUT2D eigenvalue weighted by molar-refractivity contribution is 6.30. The molecule has 0 spiro atoms. The first-order chi connectivity index (χ1) is 13.2. The largest absolute Gasteiger partial charge is 0.492 e. The standard InChI is InChI=1S/C20H19ClN4O2/c1-2-27-18-6-4-3-5-16(18)24-20-22-12-11-17(25-20)19(26)23-13-14-7-9-15(21)10-8-14/h3-12H,2,13H2,1H3,(H,23,26)(H,22,24,25). The van der Waals surface area contributed by atoms with Crippen LogP contribution < -0.4 is 15.4 Å². The van der Waals surface area contributed by atoms with Gasteiger partial charge in [-0.1, -0.05) is 35.9 Å². The minimum absolute atomic E-state index is 0.273. The number of rotatable bonds is 7. The van der Waals surface area contributed by atoms with Crippen LogP contribution in [0.3, 0.4) is 0 Å². The number of carbonyl (C=O) groups is 1. The molecule has 0 aliphatic heterocycles. The van der Waals surface area contributed by atoms with Crippen molar-refractivity contribution in [3.63, 3.8) is 0 Å². The van der Waals surface area contributed by atoms with Gasteiger partial charge in [-0.2, -0.15) is 0 Å². The van der Waals surface area contributed by atoms with Gasteiger partial charge < -0.3 is 15.4 Å². The van der Waals surface area contributed by atoms with Crippen molar-refractivity contribution in [1.82, 2.24) is 15.3 Å². The Morgan fingerprint density at radius 1 is 1.11 bits per heavy atom. The number of carbonyl (C=O) groups excluding carboxylic acids is 1. The Morgan fingerprint density at radius 2 is 1.89 bits per heavy atom. The highest BCUT2D eigenvalue weighted by Crippen LogP contribution is 2.25. The number of ether oxygens (including phenoxy) is 1. The lowest BCUT2D eigenvalue weighted by Crippen LogP contribution is -2.24. The molecule has 2 aromatic carbocycles. The molecule has 0 bridgehead atoms. The summed E-state index contributed by atoms with van der Waals surface area (Å²) in [5, 5.41) is 6.58. The molecule has 0 fully saturated rings. The number of hydrogen-bond donors (Lipinski definition) is 2. The second-order valence-electron chi connectivity index (χ2n) is 5.63. The quantitative estimate of drug-likeness (QED) is 0.640. The summed E-state index contributed by atoms with van der Waals surface area (Å²) in [7, 11) is 0. The van der Waals surface area contributed by atoms with Crippen molar-refractivity contribution in [2.45, 2.75) is 13.5 Å². The maximum Gasteiger partial charge on any atom is 0.270 e. The molecular weight excluding hydrogens is 364 g/mol. The van der Waals surface area contributed by atoms with Gasteiger partial charge in [0.15, 0.2) is 0 Å². The Labute approximate surface area is 162 Å². The summed E-state index contributed by atoms with van der Waals surface area (Å²) in [6.45, 7) is 2.85. The van der Waals surface area contributed by atoms with Gasteiger partial charge in [0.1, 0.15) is 11.4 Å². The number of nitrogens with one attached hydrogen (secondary N) is 2. The van der Waals surface area contributed by atoms with Crippen LogP contribution in [-0.4, -0.2) is 22.5 Å². The topological polar surface area (TPSA) is 76.1 Å². The molecule has 1 heterocycles. The van der Waals surface area contributed by atoms with Crippen LogP contribution in [0.15, 0.2) is 60.8 Å². The SMILES string of the molecule is CCOc1ccccc1Nc1nccc(C(=O)NCc2ccc(Cl)cc2)n1. The van der Waals surface area contributed by atoms with Crippen molar-refractivity contribution in [2.75, 3.05) is 11.9 Å². The number of hydrogen-bond acceptors (Lipinski definition) is 5. The van der Waals surface area contributed by atoms with Crippen LogP contribution in [0, 0.1) is 0 Å². The second-order valence-corrected chi connectivity index (χ2v) is 6.07. The van der Waals surface area contributed by atoms with Crippen LogP contribution in [0.25, 0.3) is 0 Å². The van der Waals surface area contributed by atoms with Crippen LogP contribution in [-0.2, 0) is 6.54 Å². The number of nitrogens with zero attached hydrogens (tertiary/aromatic N) is 2. The normalized spacial score (nSPS) is 10.3. The number of para-hydroxylation sites is 2. The third-order valence-electron chi connectivity index (χ3n) is 3.69. The van der Waals surface area contributed by atoms with Gasteiger partial charge in [-0.15, -0.1) is 0 Å². The van der Waals surface area contributed by atoms with Crippen molar-refractivity contribution in [3.8, 4) is 5.75 Å². The van der Waals surface area contributed by atoms with Crippen molar-refractivity contribution in [2.24, 2.45) is 0 Å². The zero-order valence-corrected chi connectivity index (χ0v) is 15.5. The van der Waals surface area contributed by atoms with Gasteiger partial charge in [0.25, 0.3) is 5.91 Å². The van der Waals surface area contributed by atoms with E-state index in [4.69, 9.17) is 16.3 Å². The van der Waals surface area contributed by atoms with Gasteiger partial charge in [-0.3, -0.25) is 4.79 Å². The molecule has 7 heteroatoms. The lowest BCUT2D eigenvalue weighted by atomic mass is 10.2. The average molecular weight is 383 g/mol. The number of benzene rings is 2. The van der Waals surface area contributed by atoms with E-state index in [1.165, 1.54) is 6.20 Å². The average Bonchev–Trinajstić information content (AvgIpc) is 2.69. The van der Waals surface area contributed by atoms with Gasteiger partial charge in [0.2, 0.25) is 5.95 Å². The van der Waals surface area contributed by atoms with Crippen LogP contribution in [0.5, 0.6) is 5.75 Å². The van der Waals surface area contributed by atoms with Crippen LogP contribution in [0.4, 0.5) is 11.6 Å². The molecule has 0 radical (unpaired) electrons. The van der Waals surface area contributed by atoms with Gasteiger partial charge >= 0.3 is 0 Å². The summed E-state index contributed by atoms with van der Waals surface area (Å²) in [6, 6.07) is 16.3. The maximum absolute atomic E-state index is 12.4. The van der Waals surface area contributed by atoms with E-state index in [0.29, 0.717) is 29.9 Å². The van der Waals surface area contributed by atoms with Gasteiger partial charge in [-0.25, -0.2) is 9.97 Å². The van der Waals surface area contributed by atoms with E-state index in [9.17, 15) is 4.79 Å². The molecule has 27 heavy (non-hydrogen) atoms. The molecule has 0 atom stereocenters. The summed E-state index contributed by atoms with van der Waals surface area (Å²) in [6.07, 6.45) is 1.54. The molecule has 0 aliphatic rings. The monoisotopic (exact) mass is 382 g/mol. The predicted molar refractivity (Wildman–Crippen MR) is 106 cm³/mol. The van der Waals surface area contributed by atoms with E-state index in [-0.39, 0.29) is 11.6 Å². The third-order valence-corrected chi connectivity index (χ3v) is 3.94. The van der Waals surface area contributed by atoms with Crippen molar-refractivity contribution in [3.05, 3.63) is 77.1 Å². The smallest absolute Gasteiger partial charge is 0.270 e. The lowest BCUT2D eigenvalue weighted by Gasteiger charge is -2.11. The first kappa shape index (κ1) is 18.7. The molecule has 3 rings (SSSR count). The Bertz CT molecular complexity index is 916. The van der Waals surface area contributed by atoms with Crippen molar-refractivity contribution in [1.29, 1.82) is 0 Å². The van der Waals surface area contributed by atoms with E-state index < -0.39 is 0 Å². The van der Waals surface area contributed by atoms with Crippen LogP contribution in [0.2, 0.25) is 5.02 Å². The highest BCUT2D eigenvalue weighted by atomic mass is 35.5. The molecule has 0 saturated carbocycles. The summed E-state index contributed by atoms with van der Waals surface area (Å²) >= 11 is 5.86. The summed E-state index contributed by atoms with van der Waals surface area (Å²) < 4.78 is 5.58. The summed E-state index contributed by atoms with van der Waals surface area (Å²) in [5.74, 6) is 0.732. The summed E-state index contributed by atoms with van der Waals surface area (Å²) in [5.41, 5.74) is 1.96. The fourth-order valence-corrected chi connectivity index (χ4v) is 2.52. The van der Waals surface area contributed by atoms with Crippen molar-refractivity contribution >= 4 is 29.1 Å². The van der Waals surface area contributed by atoms with Gasteiger partial charge in [-0.05, 0) is 42.8 Å². The van der Waals surface area contributed by atoms with Crippen LogP contribution >= 0.6 is 11.6 Å². The second kappa shape index (κ2) is 9.00.